The van der Waals surface area contributed by atoms with E-state index in [0.29, 0.717) is 29.1 Å². The predicted molar refractivity (Wildman–Crippen MR) is 118 cm³/mol. The molecule has 0 saturated heterocycles. The molecule has 0 aliphatic carbocycles. The first-order chi connectivity index (χ1) is 15.0. The van der Waals surface area contributed by atoms with Crippen LogP contribution in [0.15, 0.2) is 65.9 Å². The number of hydrogen-bond donors (Lipinski definition) is 2. The number of benzene rings is 2. The molecule has 3 rings (SSSR count). The van der Waals surface area contributed by atoms with Gasteiger partial charge in [0.2, 0.25) is 0 Å². The first-order valence-corrected chi connectivity index (χ1v) is 10.3. The molecule has 0 radical (unpaired) electrons. The van der Waals surface area contributed by atoms with Gasteiger partial charge in [0.15, 0.2) is 0 Å². The third-order valence-electron chi connectivity index (χ3n) is 5.27. The van der Waals surface area contributed by atoms with Crippen LogP contribution in [0.25, 0.3) is 0 Å². The van der Waals surface area contributed by atoms with Crippen molar-refractivity contribution in [1.82, 2.24) is 10.2 Å². The molecule has 2 N–H and O–H groups in total. The van der Waals surface area contributed by atoms with Crippen LogP contribution in [-0.2, 0) is 9.53 Å². The summed E-state index contributed by atoms with van der Waals surface area (Å²) in [4.78, 5) is 39.2. The molecule has 0 saturated carbocycles. The van der Waals surface area contributed by atoms with Crippen LogP contribution in [0.4, 0.5) is 10.5 Å². The molecule has 1 unspecified atom stereocenters. The minimum Gasteiger partial charge on any atom is -0.466 e. The maximum absolute atomic E-state index is 12.7. The Morgan fingerprint density at radius 2 is 1.77 bits per heavy atom. The van der Waals surface area contributed by atoms with E-state index in [2.05, 4.69) is 10.6 Å². The first kappa shape index (κ1) is 22.1. The Bertz CT molecular complexity index is 984. The minimum absolute atomic E-state index is 0.211. The number of hydrogen-bond acceptors (Lipinski definition) is 4. The van der Waals surface area contributed by atoms with Crippen LogP contribution < -0.4 is 10.6 Å². The zero-order chi connectivity index (χ0) is 22.4. The van der Waals surface area contributed by atoms with Gasteiger partial charge in [-0.3, -0.25) is 9.69 Å². The van der Waals surface area contributed by atoms with E-state index >= 15 is 0 Å². The number of urea groups is 1. The smallest absolute Gasteiger partial charge is 0.337 e. The van der Waals surface area contributed by atoms with Gasteiger partial charge >= 0.3 is 12.0 Å². The maximum Gasteiger partial charge on any atom is 0.337 e. The summed E-state index contributed by atoms with van der Waals surface area (Å²) in [6.07, 6.45) is 1.77. The van der Waals surface area contributed by atoms with Crippen molar-refractivity contribution in [3.8, 4) is 0 Å². The number of ether oxygens (including phenoxy) is 1. The molecule has 0 spiro atoms. The lowest BCUT2D eigenvalue weighted by molar-refractivity contribution is -0.136. The number of carbonyl (C=O) groups excluding carboxylic acids is 3. The second kappa shape index (κ2) is 9.93. The number of amides is 3. The normalized spacial score (nSPS) is 16.0. The van der Waals surface area contributed by atoms with Crippen molar-refractivity contribution in [3.05, 3.63) is 77.0 Å². The average molecular weight is 421 g/mol. The van der Waals surface area contributed by atoms with Gasteiger partial charge in [0.25, 0.3) is 5.91 Å². The topological polar surface area (TPSA) is 87.7 Å². The summed E-state index contributed by atoms with van der Waals surface area (Å²) in [5.41, 5.74) is 2.89. The number of carbonyl (C=O) groups is 3. The van der Waals surface area contributed by atoms with Gasteiger partial charge in [0.05, 0.1) is 18.7 Å². The lowest BCUT2D eigenvalue weighted by atomic mass is 9.94. The lowest BCUT2D eigenvalue weighted by Gasteiger charge is -2.35. The zero-order valence-corrected chi connectivity index (χ0v) is 18.0. The van der Waals surface area contributed by atoms with E-state index < -0.39 is 12.0 Å². The van der Waals surface area contributed by atoms with Crippen LogP contribution in [0, 0.1) is 0 Å². The number of nitrogens with zero attached hydrogens (tertiary/aromatic N) is 1. The van der Waals surface area contributed by atoms with Gasteiger partial charge in [0.1, 0.15) is 0 Å². The summed E-state index contributed by atoms with van der Waals surface area (Å²) in [6.45, 7) is 4.34. The second-order valence-electron chi connectivity index (χ2n) is 7.32. The van der Waals surface area contributed by atoms with Crippen molar-refractivity contribution < 1.29 is 19.1 Å². The van der Waals surface area contributed by atoms with E-state index in [1.165, 1.54) is 7.11 Å². The van der Waals surface area contributed by atoms with Gasteiger partial charge in [0, 0.05) is 23.5 Å². The van der Waals surface area contributed by atoms with Gasteiger partial charge < -0.3 is 15.4 Å². The van der Waals surface area contributed by atoms with Crippen LogP contribution in [0.3, 0.4) is 0 Å². The molecular weight excluding hydrogens is 394 g/mol. The van der Waals surface area contributed by atoms with Gasteiger partial charge in [-0.1, -0.05) is 43.7 Å². The van der Waals surface area contributed by atoms with E-state index in [1.807, 2.05) is 13.0 Å². The predicted octanol–water partition coefficient (Wildman–Crippen LogP) is 4.25. The van der Waals surface area contributed by atoms with Crippen molar-refractivity contribution in [2.75, 3.05) is 19.0 Å². The van der Waals surface area contributed by atoms with Crippen LogP contribution in [0.2, 0.25) is 0 Å². The average Bonchev–Trinajstić information content (AvgIpc) is 2.79. The van der Waals surface area contributed by atoms with E-state index in [-0.39, 0.29) is 11.9 Å². The summed E-state index contributed by atoms with van der Waals surface area (Å²) in [5.74, 6) is -0.692. The number of unbranched alkanes of at least 4 members (excludes halogenated alkanes) is 1. The number of nitrogens with one attached hydrogen (secondary N) is 2. The Hall–Kier alpha value is -3.61. The Kier molecular flexibility index (Phi) is 7.07. The molecule has 2 aromatic carbocycles. The van der Waals surface area contributed by atoms with Crippen molar-refractivity contribution in [2.45, 2.75) is 32.7 Å². The molecule has 162 valence electrons. The Balaban J connectivity index is 1.85. The van der Waals surface area contributed by atoms with Gasteiger partial charge in [-0.25, -0.2) is 9.59 Å². The summed E-state index contributed by atoms with van der Waals surface area (Å²) in [7, 11) is 1.33. The van der Waals surface area contributed by atoms with Crippen molar-refractivity contribution >= 4 is 23.6 Å². The molecule has 7 nitrogen and oxygen atoms in total. The number of esters is 1. The quantitative estimate of drug-likeness (QED) is 0.654. The fourth-order valence-corrected chi connectivity index (χ4v) is 3.54. The first-order valence-electron chi connectivity index (χ1n) is 10.3. The summed E-state index contributed by atoms with van der Waals surface area (Å²) >= 11 is 0. The molecule has 1 aliphatic heterocycles. The number of anilines is 1. The van der Waals surface area contributed by atoms with Crippen molar-refractivity contribution in [2.24, 2.45) is 0 Å². The fourth-order valence-electron chi connectivity index (χ4n) is 3.54. The molecular formula is C24H27N3O4. The highest BCUT2D eigenvalue weighted by molar-refractivity contribution is 6.04. The highest BCUT2D eigenvalue weighted by Gasteiger charge is 2.35. The van der Waals surface area contributed by atoms with Crippen LogP contribution in [0.1, 0.15) is 48.7 Å². The molecule has 0 aromatic heterocycles. The van der Waals surface area contributed by atoms with E-state index in [4.69, 9.17) is 4.74 Å². The standard InChI is InChI=1S/C24H27N3O4/c1-4-5-15-27-16(2)20(23(29)31-3)21(26-24(27)30)17-11-13-19(14-12-17)25-22(28)18-9-7-6-8-10-18/h6-14,21H,4-5,15H2,1-3H3,(H,25,28)(H,26,30). The molecule has 7 heteroatoms. The van der Waals surface area contributed by atoms with Crippen LogP contribution in [0.5, 0.6) is 0 Å². The molecule has 2 aromatic rings. The molecule has 31 heavy (non-hydrogen) atoms. The van der Waals surface area contributed by atoms with Gasteiger partial charge in [-0.2, -0.15) is 0 Å². The Morgan fingerprint density at radius 3 is 2.39 bits per heavy atom. The van der Waals surface area contributed by atoms with Crippen molar-refractivity contribution in [1.29, 1.82) is 0 Å². The van der Waals surface area contributed by atoms with E-state index in [9.17, 15) is 14.4 Å². The molecule has 3 amide bonds. The number of allylic oxidation sites excluding steroid dienone is 1. The fraction of sp³-hybridized carbons (Fsp3) is 0.292. The molecule has 1 aliphatic rings. The lowest BCUT2D eigenvalue weighted by Crippen LogP contribution is -2.48. The van der Waals surface area contributed by atoms with Crippen LogP contribution in [-0.4, -0.2) is 36.5 Å². The van der Waals surface area contributed by atoms with Crippen molar-refractivity contribution in [3.63, 3.8) is 0 Å². The monoisotopic (exact) mass is 421 g/mol. The molecule has 0 fully saturated rings. The SMILES string of the molecule is CCCCN1C(=O)NC(c2ccc(NC(=O)c3ccccc3)cc2)C(C(=O)OC)=C1C. The third kappa shape index (κ3) is 4.94. The summed E-state index contributed by atoms with van der Waals surface area (Å²) in [6, 6.07) is 15.1. The number of methoxy groups -OCH3 is 1. The molecule has 1 heterocycles. The highest BCUT2D eigenvalue weighted by Crippen LogP contribution is 2.32. The maximum atomic E-state index is 12.7. The highest BCUT2D eigenvalue weighted by atomic mass is 16.5. The third-order valence-corrected chi connectivity index (χ3v) is 5.27. The van der Waals surface area contributed by atoms with Gasteiger partial charge in [-0.05, 0) is 43.2 Å². The zero-order valence-electron chi connectivity index (χ0n) is 18.0. The minimum atomic E-state index is -0.628. The van der Waals surface area contributed by atoms with E-state index in [1.54, 1.807) is 60.4 Å². The van der Waals surface area contributed by atoms with E-state index in [0.717, 1.165) is 18.4 Å². The Labute approximate surface area is 182 Å². The molecule has 0 bridgehead atoms. The Morgan fingerprint density at radius 1 is 1.10 bits per heavy atom. The summed E-state index contributed by atoms with van der Waals surface area (Å²) in [5, 5.41) is 5.76. The van der Waals surface area contributed by atoms with Crippen LogP contribution >= 0.6 is 0 Å². The molecule has 1 atom stereocenters. The summed E-state index contributed by atoms with van der Waals surface area (Å²) < 4.78 is 4.99. The largest absolute Gasteiger partial charge is 0.466 e. The number of rotatable bonds is 7. The second-order valence-corrected chi connectivity index (χ2v) is 7.32. The van der Waals surface area contributed by atoms with Gasteiger partial charge in [-0.15, -0.1) is 0 Å².